The van der Waals surface area contributed by atoms with E-state index in [1.165, 1.54) is 37.3 Å². The van der Waals surface area contributed by atoms with Gasteiger partial charge in [0.1, 0.15) is 5.82 Å². The van der Waals surface area contributed by atoms with Crippen molar-refractivity contribution in [2.24, 2.45) is 0 Å². The maximum Gasteiger partial charge on any atom is 0.110 e. The Bertz CT molecular complexity index is 415. The smallest absolute Gasteiger partial charge is 0.110 e. The van der Waals surface area contributed by atoms with Crippen molar-refractivity contribution in [3.05, 3.63) is 17.7 Å². The molecule has 4 nitrogen and oxygen atoms in total. The van der Waals surface area contributed by atoms with Crippen LogP contribution in [0.1, 0.15) is 43.1 Å². The molecule has 100 valence electrons. The largest absolute Gasteiger partial charge is 0.396 e. The van der Waals surface area contributed by atoms with Crippen LogP contribution >= 0.6 is 0 Å². The van der Waals surface area contributed by atoms with Gasteiger partial charge in [0.2, 0.25) is 0 Å². The van der Waals surface area contributed by atoms with Crippen LogP contribution in [0.3, 0.4) is 0 Å². The summed E-state index contributed by atoms with van der Waals surface area (Å²) in [6.07, 6.45) is 7.93. The highest BCUT2D eigenvalue weighted by atomic mass is 16.3. The molecule has 1 aromatic rings. The van der Waals surface area contributed by atoms with Gasteiger partial charge in [-0.3, -0.25) is 0 Å². The lowest BCUT2D eigenvalue weighted by atomic mass is 9.97. The second-order valence-electron chi connectivity index (χ2n) is 5.75. The molecule has 0 bridgehead atoms. The number of likely N-dealkylation sites (tertiary alicyclic amines) is 1. The van der Waals surface area contributed by atoms with Crippen LogP contribution in [0.25, 0.3) is 0 Å². The summed E-state index contributed by atoms with van der Waals surface area (Å²) in [7, 11) is 2.22. The number of rotatable bonds is 3. The monoisotopic (exact) mass is 249 g/mol. The molecule has 2 atom stereocenters. The molecule has 1 N–H and O–H groups in total. The number of fused-ring (bicyclic) bond motifs is 1. The molecule has 2 aliphatic heterocycles. The summed E-state index contributed by atoms with van der Waals surface area (Å²) in [5.74, 6) is 1.53. The lowest BCUT2D eigenvalue weighted by molar-refractivity contribution is 0.239. The first-order valence-electron chi connectivity index (χ1n) is 7.15. The van der Waals surface area contributed by atoms with E-state index >= 15 is 0 Å². The molecule has 0 amide bonds. The zero-order valence-corrected chi connectivity index (χ0v) is 11.2. The molecule has 0 saturated carbocycles. The van der Waals surface area contributed by atoms with Gasteiger partial charge in [-0.05, 0) is 39.3 Å². The predicted molar refractivity (Wildman–Crippen MR) is 70.6 cm³/mol. The number of aliphatic hydroxyl groups excluding tert-OH is 1. The van der Waals surface area contributed by atoms with Crippen molar-refractivity contribution in [3.63, 3.8) is 0 Å². The molecule has 0 spiro atoms. The summed E-state index contributed by atoms with van der Waals surface area (Å²) in [5.41, 5.74) is 1.25. The number of imidazole rings is 1. The lowest BCUT2D eigenvalue weighted by Crippen LogP contribution is -2.29. The predicted octanol–water partition coefficient (Wildman–Crippen LogP) is 1.39. The van der Waals surface area contributed by atoms with Gasteiger partial charge >= 0.3 is 0 Å². The van der Waals surface area contributed by atoms with Crippen LogP contribution in [0, 0.1) is 0 Å². The Morgan fingerprint density at radius 1 is 1.33 bits per heavy atom. The Hall–Kier alpha value is -0.870. The van der Waals surface area contributed by atoms with Gasteiger partial charge in [0, 0.05) is 36.8 Å². The van der Waals surface area contributed by atoms with Crippen molar-refractivity contribution < 1.29 is 5.11 Å². The fourth-order valence-electron chi connectivity index (χ4n) is 3.45. The number of likely N-dealkylation sites (N-methyl/N-ethyl adjacent to an activating group) is 1. The summed E-state index contributed by atoms with van der Waals surface area (Å²) in [6, 6.07) is 0.658. The first kappa shape index (κ1) is 12.2. The normalized spacial score (nSPS) is 28.6. The van der Waals surface area contributed by atoms with Gasteiger partial charge in [-0.2, -0.15) is 0 Å². The molecule has 1 fully saturated rings. The van der Waals surface area contributed by atoms with E-state index in [1.54, 1.807) is 0 Å². The minimum atomic E-state index is 0.258. The van der Waals surface area contributed by atoms with Crippen LogP contribution < -0.4 is 0 Å². The highest BCUT2D eigenvalue weighted by Gasteiger charge is 2.26. The standard InChI is InChI=1S/C14H23N3O/c1-16-6-3-5-12(16)8-14-15-9-13-11(10-18)4-2-7-17(13)14/h9,11-12,18H,2-8,10H2,1H3. The Morgan fingerprint density at radius 2 is 2.17 bits per heavy atom. The third-order valence-corrected chi connectivity index (χ3v) is 4.63. The van der Waals surface area contributed by atoms with Crippen molar-refractivity contribution >= 4 is 0 Å². The Labute approximate surface area is 109 Å². The summed E-state index contributed by atoms with van der Waals surface area (Å²) >= 11 is 0. The molecule has 4 heteroatoms. The Kier molecular flexibility index (Phi) is 3.39. The zero-order chi connectivity index (χ0) is 12.5. The minimum absolute atomic E-state index is 0.258. The average Bonchev–Trinajstić information content (AvgIpc) is 2.97. The quantitative estimate of drug-likeness (QED) is 0.880. The third kappa shape index (κ3) is 2.08. The van der Waals surface area contributed by atoms with Crippen molar-refractivity contribution in [1.29, 1.82) is 0 Å². The number of nitrogens with zero attached hydrogens (tertiary/aromatic N) is 3. The second kappa shape index (κ2) is 5.02. The first-order chi connectivity index (χ1) is 8.79. The molecule has 2 aliphatic rings. The van der Waals surface area contributed by atoms with Crippen LogP contribution in [0.4, 0.5) is 0 Å². The number of aromatic nitrogens is 2. The first-order valence-corrected chi connectivity index (χ1v) is 7.15. The SMILES string of the molecule is CN1CCCC1Cc1ncc2n1CCCC2CO. The highest BCUT2D eigenvalue weighted by Crippen LogP contribution is 2.29. The highest BCUT2D eigenvalue weighted by molar-refractivity contribution is 5.14. The summed E-state index contributed by atoms with van der Waals surface area (Å²) in [4.78, 5) is 7.07. The fraction of sp³-hybridized carbons (Fsp3) is 0.786. The Balaban J connectivity index is 1.79. The Morgan fingerprint density at radius 3 is 2.89 bits per heavy atom. The molecule has 0 aromatic carbocycles. The van der Waals surface area contributed by atoms with Crippen LogP contribution in [-0.2, 0) is 13.0 Å². The second-order valence-corrected chi connectivity index (χ2v) is 5.75. The van der Waals surface area contributed by atoms with Crippen molar-refractivity contribution in [1.82, 2.24) is 14.5 Å². The average molecular weight is 249 g/mol. The maximum absolute atomic E-state index is 9.42. The summed E-state index contributed by atoms with van der Waals surface area (Å²) in [5, 5.41) is 9.42. The van der Waals surface area contributed by atoms with Crippen molar-refractivity contribution in [3.8, 4) is 0 Å². The van der Waals surface area contributed by atoms with Crippen LogP contribution in [-0.4, -0.2) is 45.8 Å². The topological polar surface area (TPSA) is 41.3 Å². The van der Waals surface area contributed by atoms with E-state index in [0.29, 0.717) is 12.0 Å². The van der Waals surface area contributed by atoms with Gasteiger partial charge in [0.05, 0.1) is 6.61 Å². The van der Waals surface area contributed by atoms with E-state index in [-0.39, 0.29) is 6.61 Å². The van der Waals surface area contributed by atoms with Gasteiger partial charge in [-0.25, -0.2) is 4.98 Å². The van der Waals surface area contributed by atoms with Crippen LogP contribution in [0.5, 0.6) is 0 Å². The van der Waals surface area contributed by atoms with E-state index in [9.17, 15) is 5.11 Å². The van der Waals surface area contributed by atoms with E-state index < -0.39 is 0 Å². The van der Waals surface area contributed by atoms with E-state index in [2.05, 4.69) is 21.5 Å². The van der Waals surface area contributed by atoms with Gasteiger partial charge in [-0.15, -0.1) is 0 Å². The molecule has 1 aromatic heterocycles. The van der Waals surface area contributed by atoms with Gasteiger partial charge < -0.3 is 14.6 Å². The maximum atomic E-state index is 9.42. The molecule has 3 rings (SSSR count). The minimum Gasteiger partial charge on any atom is -0.396 e. The third-order valence-electron chi connectivity index (χ3n) is 4.63. The molecule has 2 unspecified atom stereocenters. The summed E-state index contributed by atoms with van der Waals surface area (Å²) in [6.45, 7) is 2.56. The van der Waals surface area contributed by atoms with E-state index in [0.717, 1.165) is 19.4 Å². The van der Waals surface area contributed by atoms with Crippen molar-refractivity contribution in [2.45, 2.75) is 50.6 Å². The van der Waals surface area contributed by atoms with Crippen molar-refractivity contribution in [2.75, 3.05) is 20.2 Å². The van der Waals surface area contributed by atoms with E-state index in [4.69, 9.17) is 0 Å². The fourth-order valence-corrected chi connectivity index (χ4v) is 3.45. The van der Waals surface area contributed by atoms with Crippen LogP contribution in [0.2, 0.25) is 0 Å². The zero-order valence-electron chi connectivity index (χ0n) is 11.2. The summed E-state index contributed by atoms with van der Waals surface area (Å²) < 4.78 is 2.36. The molecule has 0 radical (unpaired) electrons. The molecular formula is C14H23N3O. The number of hydrogen-bond acceptors (Lipinski definition) is 3. The molecule has 0 aliphatic carbocycles. The van der Waals surface area contributed by atoms with Gasteiger partial charge in [-0.1, -0.05) is 0 Å². The molecule has 3 heterocycles. The van der Waals surface area contributed by atoms with Gasteiger partial charge in [0.15, 0.2) is 0 Å². The molecule has 18 heavy (non-hydrogen) atoms. The van der Waals surface area contributed by atoms with E-state index in [1.807, 2.05) is 6.20 Å². The lowest BCUT2D eigenvalue weighted by Gasteiger charge is -2.25. The number of aliphatic hydroxyl groups is 1. The van der Waals surface area contributed by atoms with Gasteiger partial charge in [0.25, 0.3) is 0 Å². The molecular weight excluding hydrogens is 226 g/mol. The van der Waals surface area contributed by atoms with Crippen LogP contribution in [0.15, 0.2) is 6.20 Å². The molecule has 1 saturated heterocycles. The number of hydrogen-bond donors (Lipinski definition) is 1.